The Morgan fingerprint density at radius 2 is 1.67 bits per heavy atom. The molecule has 0 bridgehead atoms. The van der Waals surface area contributed by atoms with Crippen molar-refractivity contribution in [1.82, 2.24) is 20.6 Å². The first-order chi connectivity index (χ1) is 15.9. The molecule has 0 radical (unpaired) electrons. The van der Waals surface area contributed by atoms with Gasteiger partial charge in [0.05, 0.1) is 11.6 Å². The van der Waals surface area contributed by atoms with Crippen LogP contribution in [-0.4, -0.2) is 41.3 Å². The zero-order valence-corrected chi connectivity index (χ0v) is 20.1. The molecule has 1 atom stereocenters. The van der Waals surface area contributed by atoms with E-state index in [-0.39, 0.29) is 11.9 Å². The molecule has 4 rings (SSSR count). The van der Waals surface area contributed by atoms with Crippen molar-refractivity contribution < 1.29 is 4.39 Å². The van der Waals surface area contributed by atoms with E-state index in [0.717, 1.165) is 48.0 Å². The lowest BCUT2D eigenvalue weighted by atomic mass is 9.91. The number of benzene rings is 2. The van der Waals surface area contributed by atoms with Crippen molar-refractivity contribution in [2.24, 2.45) is 0 Å². The molecular formula is C25H31FN6S. The summed E-state index contributed by atoms with van der Waals surface area (Å²) in [6, 6.07) is 15.3. The van der Waals surface area contributed by atoms with Gasteiger partial charge in [0.2, 0.25) is 5.95 Å². The fraction of sp³-hybridized carbons (Fsp3) is 0.400. The summed E-state index contributed by atoms with van der Waals surface area (Å²) in [6.45, 7) is 2.02. The predicted octanol–water partition coefficient (Wildman–Crippen LogP) is 4.78. The fourth-order valence-corrected chi connectivity index (χ4v) is 4.63. The van der Waals surface area contributed by atoms with Gasteiger partial charge in [-0.25, -0.2) is 9.37 Å². The van der Waals surface area contributed by atoms with Crippen LogP contribution in [-0.2, 0) is 0 Å². The minimum absolute atomic E-state index is 0.0135. The number of rotatable bonds is 6. The Bertz CT molecular complexity index is 1100. The molecule has 0 amide bonds. The first kappa shape index (κ1) is 23.2. The van der Waals surface area contributed by atoms with E-state index in [4.69, 9.17) is 22.2 Å². The third-order valence-electron chi connectivity index (χ3n) is 6.12. The van der Waals surface area contributed by atoms with Gasteiger partial charge in [0, 0.05) is 31.6 Å². The van der Waals surface area contributed by atoms with Gasteiger partial charge >= 0.3 is 0 Å². The second kappa shape index (κ2) is 10.3. The standard InChI is InChI=1S/C25H31FN6S/c1-16(17-8-10-18(26)11-9-17)27-25(33)29-20-14-12-19(13-15-20)28-24-30-22-7-5-4-6-21(22)23(31-24)32(2)3/h4-11,16,19-20H,12-15H2,1-3H3,(H2,27,29,33)(H,28,30,31)/t16?,19-,20+. The van der Waals surface area contributed by atoms with Crippen LogP contribution in [0.25, 0.3) is 10.9 Å². The van der Waals surface area contributed by atoms with E-state index in [1.807, 2.05) is 44.1 Å². The molecule has 3 N–H and O–H groups in total. The number of anilines is 2. The molecule has 0 spiro atoms. The van der Waals surface area contributed by atoms with Crippen molar-refractivity contribution in [3.8, 4) is 0 Å². The van der Waals surface area contributed by atoms with E-state index in [2.05, 4.69) is 22.0 Å². The van der Waals surface area contributed by atoms with E-state index >= 15 is 0 Å². The number of hydrogen-bond donors (Lipinski definition) is 3. The Morgan fingerprint density at radius 1 is 1.00 bits per heavy atom. The van der Waals surface area contributed by atoms with Crippen LogP contribution in [0.4, 0.5) is 16.2 Å². The van der Waals surface area contributed by atoms with E-state index in [9.17, 15) is 4.39 Å². The lowest BCUT2D eigenvalue weighted by Gasteiger charge is -2.31. The van der Waals surface area contributed by atoms with Crippen molar-refractivity contribution >= 4 is 40.0 Å². The van der Waals surface area contributed by atoms with Crippen LogP contribution in [0.15, 0.2) is 48.5 Å². The number of halogens is 1. The smallest absolute Gasteiger partial charge is 0.225 e. The highest BCUT2D eigenvalue weighted by Crippen LogP contribution is 2.26. The van der Waals surface area contributed by atoms with Crippen molar-refractivity contribution in [2.75, 3.05) is 24.3 Å². The normalized spacial score (nSPS) is 19.0. The molecule has 2 aromatic carbocycles. The summed E-state index contributed by atoms with van der Waals surface area (Å²) in [7, 11) is 4.01. The Morgan fingerprint density at radius 3 is 2.36 bits per heavy atom. The number of hydrogen-bond acceptors (Lipinski definition) is 5. The average molecular weight is 467 g/mol. The third-order valence-corrected chi connectivity index (χ3v) is 6.36. The maximum Gasteiger partial charge on any atom is 0.225 e. The summed E-state index contributed by atoms with van der Waals surface area (Å²) in [4.78, 5) is 11.5. The summed E-state index contributed by atoms with van der Waals surface area (Å²) in [5, 5.41) is 12.0. The summed E-state index contributed by atoms with van der Waals surface area (Å²) in [5.74, 6) is 1.37. The van der Waals surface area contributed by atoms with Gasteiger partial charge in [-0.15, -0.1) is 0 Å². The topological polar surface area (TPSA) is 65.1 Å². The molecule has 1 aromatic heterocycles. The molecule has 1 fully saturated rings. The zero-order valence-electron chi connectivity index (χ0n) is 19.3. The van der Waals surface area contributed by atoms with Gasteiger partial charge in [-0.3, -0.25) is 0 Å². The van der Waals surface area contributed by atoms with Crippen molar-refractivity contribution in [3.05, 3.63) is 59.9 Å². The van der Waals surface area contributed by atoms with Gasteiger partial charge < -0.3 is 20.9 Å². The third kappa shape index (κ3) is 5.87. The SMILES string of the molecule is CC(NC(=S)N[C@H]1CC[C@@H](Nc2nc(N(C)C)c3ccccc3n2)CC1)c1ccc(F)cc1. The summed E-state index contributed by atoms with van der Waals surface area (Å²) >= 11 is 5.52. The molecule has 174 valence electrons. The molecule has 1 unspecified atom stereocenters. The van der Waals surface area contributed by atoms with E-state index in [0.29, 0.717) is 23.1 Å². The minimum Gasteiger partial charge on any atom is -0.362 e. The molecular weight excluding hydrogens is 435 g/mol. The Labute approximate surface area is 200 Å². The highest BCUT2D eigenvalue weighted by atomic mass is 32.1. The predicted molar refractivity (Wildman–Crippen MR) is 137 cm³/mol. The molecule has 6 nitrogen and oxygen atoms in total. The van der Waals surface area contributed by atoms with Gasteiger partial charge in [0.25, 0.3) is 0 Å². The van der Waals surface area contributed by atoms with E-state index in [1.165, 1.54) is 12.1 Å². The molecule has 1 heterocycles. The number of nitrogens with one attached hydrogen (secondary N) is 3. The number of aromatic nitrogens is 2. The van der Waals surface area contributed by atoms with E-state index < -0.39 is 0 Å². The number of thiocarbonyl (C=S) groups is 1. The minimum atomic E-state index is -0.232. The number of fused-ring (bicyclic) bond motifs is 1. The molecule has 0 aliphatic heterocycles. The van der Waals surface area contributed by atoms with Gasteiger partial charge in [-0.2, -0.15) is 4.98 Å². The molecule has 0 saturated heterocycles. The maximum absolute atomic E-state index is 13.1. The largest absolute Gasteiger partial charge is 0.362 e. The van der Waals surface area contributed by atoms with Crippen molar-refractivity contribution in [1.29, 1.82) is 0 Å². The molecule has 1 aliphatic carbocycles. The Balaban J connectivity index is 1.29. The van der Waals surface area contributed by atoms with Crippen LogP contribution in [0, 0.1) is 5.82 Å². The summed E-state index contributed by atoms with van der Waals surface area (Å²) in [5.41, 5.74) is 1.95. The van der Waals surface area contributed by atoms with Crippen LogP contribution in [0.5, 0.6) is 0 Å². The first-order valence-corrected chi connectivity index (χ1v) is 11.8. The zero-order chi connectivity index (χ0) is 23.4. The molecule has 1 aliphatic rings. The van der Waals surface area contributed by atoms with Gasteiger partial charge in [0.1, 0.15) is 11.6 Å². The fourth-order valence-electron chi connectivity index (χ4n) is 4.29. The van der Waals surface area contributed by atoms with Crippen molar-refractivity contribution in [2.45, 2.75) is 50.7 Å². The van der Waals surface area contributed by atoms with Gasteiger partial charge in [-0.05, 0) is 74.7 Å². The Hall–Kier alpha value is -3.00. The van der Waals surface area contributed by atoms with E-state index in [1.54, 1.807) is 12.1 Å². The maximum atomic E-state index is 13.1. The number of nitrogens with zero attached hydrogens (tertiary/aromatic N) is 3. The molecule has 1 saturated carbocycles. The molecule has 3 aromatic rings. The Kier molecular flexibility index (Phi) is 7.23. The highest BCUT2D eigenvalue weighted by molar-refractivity contribution is 7.80. The average Bonchev–Trinajstić information content (AvgIpc) is 2.80. The summed E-state index contributed by atoms with van der Waals surface area (Å²) in [6.07, 6.45) is 4.06. The van der Waals surface area contributed by atoms with Crippen LogP contribution in [0.1, 0.15) is 44.2 Å². The van der Waals surface area contributed by atoms with Crippen molar-refractivity contribution in [3.63, 3.8) is 0 Å². The van der Waals surface area contributed by atoms with Crippen LogP contribution in [0.2, 0.25) is 0 Å². The molecule has 8 heteroatoms. The first-order valence-electron chi connectivity index (χ1n) is 11.4. The lowest BCUT2D eigenvalue weighted by Crippen LogP contribution is -2.45. The number of para-hydroxylation sites is 1. The summed E-state index contributed by atoms with van der Waals surface area (Å²) < 4.78 is 13.1. The second-order valence-electron chi connectivity index (χ2n) is 8.87. The monoisotopic (exact) mass is 466 g/mol. The molecule has 33 heavy (non-hydrogen) atoms. The van der Waals surface area contributed by atoms with Gasteiger partial charge in [-0.1, -0.05) is 24.3 Å². The quantitative estimate of drug-likeness (QED) is 0.452. The van der Waals surface area contributed by atoms with Crippen LogP contribution in [0.3, 0.4) is 0 Å². The second-order valence-corrected chi connectivity index (χ2v) is 9.27. The lowest BCUT2D eigenvalue weighted by molar-refractivity contribution is 0.384. The van der Waals surface area contributed by atoms with Gasteiger partial charge in [0.15, 0.2) is 5.11 Å². The highest BCUT2D eigenvalue weighted by Gasteiger charge is 2.23. The van der Waals surface area contributed by atoms with Crippen LogP contribution < -0.4 is 20.9 Å². The van der Waals surface area contributed by atoms with Crippen LogP contribution >= 0.6 is 12.2 Å².